The molecule has 142 valence electrons. The molecule has 2 rings (SSSR count). The van der Waals surface area contributed by atoms with E-state index in [1.54, 1.807) is 42.5 Å². The monoisotopic (exact) mass is 388 g/mol. The molecule has 0 bridgehead atoms. The Kier molecular flexibility index (Phi) is 7.89. The number of benzene rings is 2. The van der Waals surface area contributed by atoms with Gasteiger partial charge in [-0.1, -0.05) is 24.2 Å². The first-order chi connectivity index (χ1) is 13.0. The Hall–Kier alpha value is -2.79. The zero-order chi connectivity index (χ0) is 19.6. The highest BCUT2D eigenvalue weighted by Crippen LogP contribution is 2.23. The van der Waals surface area contributed by atoms with Crippen LogP contribution in [0.1, 0.15) is 28.8 Å². The van der Waals surface area contributed by atoms with Crippen LogP contribution >= 0.6 is 11.6 Å². The number of hydrogen-bond acceptors (Lipinski definition) is 5. The van der Waals surface area contributed by atoms with Gasteiger partial charge in [0.05, 0.1) is 18.8 Å². The summed E-state index contributed by atoms with van der Waals surface area (Å²) < 4.78 is 15.8. The maximum atomic E-state index is 12.2. The average Bonchev–Trinajstić information content (AvgIpc) is 2.67. The molecule has 0 fully saturated rings. The van der Waals surface area contributed by atoms with Gasteiger partial charge in [0, 0.05) is 11.1 Å². The first-order valence-electron chi connectivity index (χ1n) is 8.50. The Bertz CT molecular complexity index is 799. The zero-order valence-corrected chi connectivity index (χ0v) is 15.8. The van der Waals surface area contributed by atoms with Gasteiger partial charge in [-0.3, -0.25) is 0 Å². The van der Waals surface area contributed by atoms with Crippen molar-refractivity contribution in [2.24, 2.45) is 0 Å². The molecule has 0 atom stereocenters. The van der Waals surface area contributed by atoms with Crippen LogP contribution in [0.4, 0.5) is 0 Å². The SMILES string of the molecule is C=CC(=O)OCCCCOc1ccc(C(=O)Oc2ccc(C)c(Cl)c2)cc1. The molecule has 5 nitrogen and oxygen atoms in total. The standard InChI is InChI=1S/C21H21ClO5/c1-3-20(23)26-13-5-4-12-25-17-10-7-16(8-11-17)21(24)27-18-9-6-15(2)19(22)14-18/h3,6-11,14H,1,4-5,12-13H2,2H3. The second-order valence-corrected chi connectivity index (χ2v) is 6.16. The number of carbonyl (C=O) groups is 2. The molecule has 0 spiro atoms. The largest absolute Gasteiger partial charge is 0.494 e. The number of halogens is 1. The van der Waals surface area contributed by atoms with Crippen molar-refractivity contribution < 1.29 is 23.8 Å². The van der Waals surface area contributed by atoms with E-state index >= 15 is 0 Å². The lowest BCUT2D eigenvalue weighted by Crippen LogP contribution is -2.08. The third kappa shape index (κ3) is 6.79. The maximum absolute atomic E-state index is 12.2. The summed E-state index contributed by atoms with van der Waals surface area (Å²) in [4.78, 5) is 23.1. The van der Waals surface area contributed by atoms with E-state index in [-0.39, 0.29) is 0 Å². The Morgan fingerprint density at radius 1 is 1.04 bits per heavy atom. The van der Waals surface area contributed by atoms with Gasteiger partial charge in [0.2, 0.25) is 0 Å². The average molecular weight is 389 g/mol. The number of aryl methyl sites for hydroxylation is 1. The van der Waals surface area contributed by atoms with Crippen molar-refractivity contribution in [3.63, 3.8) is 0 Å². The zero-order valence-electron chi connectivity index (χ0n) is 15.1. The van der Waals surface area contributed by atoms with E-state index < -0.39 is 11.9 Å². The molecule has 27 heavy (non-hydrogen) atoms. The number of rotatable bonds is 9. The van der Waals surface area contributed by atoms with Gasteiger partial charge in [-0.05, 0) is 61.7 Å². The molecule has 0 saturated carbocycles. The summed E-state index contributed by atoms with van der Waals surface area (Å²) in [6.45, 7) is 6.02. The van der Waals surface area contributed by atoms with Crippen LogP contribution in [0, 0.1) is 6.92 Å². The van der Waals surface area contributed by atoms with Crippen molar-refractivity contribution in [1.29, 1.82) is 0 Å². The van der Waals surface area contributed by atoms with E-state index in [0.29, 0.717) is 41.7 Å². The minimum absolute atomic E-state index is 0.335. The molecular weight excluding hydrogens is 368 g/mol. The molecule has 2 aromatic rings. The fraction of sp³-hybridized carbons (Fsp3) is 0.238. The van der Waals surface area contributed by atoms with Crippen LogP contribution < -0.4 is 9.47 Å². The first kappa shape index (κ1) is 20.5. The quantitative estimate of drug-likeness (QED) is 0.268. The molecule has 0 N–H and O–H groups in total. The Morgan fingerprint density at radius 2 is 1.70 bits per heavy atom. The lowest BCUT2D eigenvalue weighted by atomic mass is 10.2. The molecule has 0 heterocycles. The Labute approximate surface area is 163 Å². The van der Waals surface area contributed by atoms with E-state index in [4.69, 9.17) is 25.8 Å². The molecule has 0 aliphatic heterocycles. The maximum Gasteiger partial charge on any atom is 0.343 e. The van der Waals surface area contributed by atoms with Crippen molar-refractivity contribution in [3.8, 4) is 11.5 Å². The topological polar surface area (TPSA) is 61.8 Å². The second kappa shape index (κ2) is 10.4. The number of ether oxygens (including phenoxy) is 3. The summed E-state index contributed by atoms with van der Waals surface area (Å²) in [6.07, 6.45) is 2.57. The summed E-state index contributed by atoms with van der Waals surface area (Å²) in [5.41, 5.74) is 1.33. The summed E-state index contributed by atoms with van der Waals surface area (Å²) in [5.74, 6) is 0.151. The number of hydrogen-bond donors (Lipinski definition) is 0. The van der Waals surface area contributed by atoms with Crippen LogP contribution in [0.5, 0.6) is 11.5 Å². The van der Waals surface area contributed by atoms with Gasteiger partial charge in [-0.25, -0.2) is 9.59 Å². The van der Waals surface area contributed by atoms with Gasteiger partial charge in [0.25, 0.3) is 0 Å². The third-order valence-corrected chi connectivity index (χ3v) is 4.07. The van der Waals surface area contributed by atoms with Gasteiger partial charge >= 0.3 is 11.9 Å². The minimum atomic E-state index is -0.467. The number of unbranched alkanes of at least 4 members (excludes halogenated alkanes) is 1. The van der Waals surface area contributed by atoms with E-state index in [1.165, 1.54) is 0 Å². The predicted octanol–water partition coefficient (Wildman–Crippen LogP) is 4.76. The lowest BCUT2D eigenvalue weighted by molar-refractivity contribution is -0.137. The molecule has 0 unspecified atom stereocenters. The van der Waals surface area contributed by atoms with Crippen molar-refractivity contribution >= 4 is 23.5 Å². The number of esters is 2. The molecule has 0 amide bonds. The molecule has 0 radical (unpaired) electrons. The predicted molar refractivity (Wildman–Crippen MR) is 103 cm³/mol. The smallest absolute Gasteiger partial charge is 0.343 e. The lowest BCUT2D eigenvalue weighted by Gasteiger charge is -2.08. The van der Waals surface area contributed by atoms with Gasteiger partial charge in [0.1, 0.15) is 11.5 Å². The van der Waals surface area contributed by atoms with Gasteiger partial charge < -0.3 is 14.2 Å². The van der Waals surface area contributed by atoms with E-state index in [0.717, 1.165) is 18.1 Å². The van der Waals surface area contributed by atoms with Crippen LogP contribution in [0.2, 0.25) is 5.02 Å². The molecule has 0 aromatic heterocycles. The van der Waals surface area contributed by atoms with Crippen molar-refractivity contribution in [1.82, 2.24) is 0 Å². The number of carbonyl (C=O) groups excluding carboxylic acids is 2. The summed E-state index contributed by atoms with van der Waals surface area (Å²) in [7, 11) is 0. The Morgan fingerprint density at radius 3 is 2.37 bits per heavy atom. The molecule has 0 saturated heterocycles. The molecule has 2 aromatic carbocycles. The van der Waals surface area contributed by atoms with Gasteiger partial charge in [-0.15, -0.1) is 0 Å². The molecular formula is C21H21ClO5. The van der Waals surface area contributed by atoms with Crippen LogP contribution in [0.3, 0.4) is 0 Å². The molecule has 0 aliphatic carbocycles. The fourth-order valence-corrected chi connectivity index (χ4v) is 2.29. The molecule has 6 heteroatoms. The molecule has 0 aliphatic rings. The third-order valence-electron chi connectivity index (χ3n) is 3.66. The van der Waals surface area contributed by atoms with E-state index in [1.807, 2.05) is 6.92 Å². The highest BCUT2D eigenvalue weighted by molar-refractivity contribution is 6.31. The highest BCUT2D eigenvalue weighted by Gasteiger charge is 2.10. The summed E-state index contributed by atoms with van der Waals surface area (Å²) in [5, 5.41) is 0.545. The van der Waals surface area contributed by atoms with Crippen LogP contribution in [0.15, 0.2) is 55.1 Å². The second-order valence-electron chi connectivity index (χ2n) is 5.75. The van der Waals surface area contributed by atoms with Crippen molar-refractivity contribution in [2.75, 3.05) is 13.2 Å². The van der Waals surface area contributed by atoms with E-state index in [2.05, 4.69) is 6.58 Å². The van der Waals surface area contributed by atoms with Crippen LogP contribution in [-0.2, 0) is 9.53 Å². The summed E-state index contributed by atoms with van der Waals surface area (Å²) >= 11 is 6.03. The highest BCUT2D eigenvalue weighted by atomic mass is 35.5. The first-order valence-corrected chi connectivity index (χ1v) is 8.88. The normalized spacial score (nSPS) is 10.1. The summed E-state index contributed by atoms with van der Waals surface area (Å²) in [6, 6.07) is 11.8. The Balaban J connectivity index is 1.77. The van der Waals surface area contributed by atoms with Gasteiger partial charge in [-0.2, -0.15) is 0 Å². The van der Waals surface area contributed by atoms with Gasteiger partial charge in [0.15, 0.2) is 0 Å². The van der Waals surface area contributed by atoms with Crippen LogP contribution in [-0.4, -0.2) is 25.2 Å². The van der Waals surface area contributed by atoms with Crippen LogP contribution in [0.25, 0.3) is 0 Å². The van der Waals surface area contributed by atoms with E-state index in [9.17, 15) is 9.59 Å². The van der Waals surface area contributed by atoms with Crippen molar-refractivity contribution in [2.45, 2.75) is 19.8 Å². The van der Waals surface area contributed by atoms with Crippen molar-refractivity contribution in [3.05, 3.63) is 71.3 Å². The minimum Gasteiger partial charge on any atom is -0.494 e. The fourth-order valence-electron chi connectivity index (χ4n) is 2.12.